The molecule has 0 bridgehead atoms. The van der Waals surface area contributed by atoms with Crippen LogP contribution in [0.5, 0.6) is 0 Å². The van der Waals surface area contributed by atoms with Crippen LogP contribution in [0.25, 0.3) is 0 Å². The van der Waals surface area contributed by atoms with Gasteiger partial charge in [0.25, 0.3) is 10.1 Å². The van der Waals surface area contributed by atoms with Gasteiger partial charge in [-0.15, -0.1) is 0 Å². The maximum atomic E-state index is 10.4. The number of guanidine groups is 1. The summed E-state index contributed by atoms with van der Waals surface area (Å²) in [7, 11) is -3.67. The van der Waals surface area contributed by atoms with Crippen molar-refractivity contribution >= 4 is 27.7 Å². The first kappa shape index (κ1) is 15.9. The lowest BCUT2D eigenvalue weighted by atomic mass is 10.2. The number of nitrogens with two attached hydrogens (primary N) is 2. The Morgan fingerprint density at radius 3 is 1.89 bits per heavy atom. The normalized spacial score (nSPS) is 9.89. The van der Waals surface area contributed by atoms with Crippen molar-refractivity contribution in [3.63, 3.8) is 0 Å². The van der Waals surface area contributed by atoms with Gasteiger partial charge in [0.1, 0.15) is 0 Å². The van der Waals surface area contributed by atoms with Crippen LogP contribution >= 0.6 is 0 Å². The Balaban J connectivity index is 0.000000494. The summed E-state index contributed by atoms with van der Waals surface area (Å²) in [6, 6.07) is 5.93. The van der Waals surface area contributed by atoms with Crippen LogP contribution in [0.2, 0.25) is 0 Å². The van der Waals surface area contributed by atoms with Crippen LogP contribution in [0.15, 0.2) is 29.3 Å². The second-order valence-electron chi connectivity index (χ2n) is 3.12. The van der Waals surface area contributed by atoms with Crippen LogP contribution < -0.4 is 11.5 Å². The molecular formula is C9H13N3O5S. The molecule has 0 aliphatic heterocycles. The molecule has 0 aliphatic rings. The van der Waals surface area contributed by atoms with Crippen LogP contribution in [0.4, 0.5) is 5.69 Å². The van der Waals surface area contributed by atoms with Gasteiger partial charge >= 0.3 is 5.97 Å². The van der Waals surface area contributed by atoms with Crippen molar-refractivity contribution in [1.29, 1.82) is 0 Å². The lowest BCUT2D eigenvalue weighted by Gasteiger charge is -1.95. The van der Waals surface area contributed by atoms with Crippen molar-refractivity contribution < 1.29 is 22.9 Å². The molecular weight excluding hydrogens is 262 g/mol. The zero-order valence-electron chi connectivity index (χ0n) is 9.44. The smallest absolute Gasteiger partial charge is 0.335 e. The summed E-state index contributed by atoms with van der Waals surface area (Å²) >= 11 is 0. The van der Waals surface area contributed by atoms with E-state index in [1.807, 2.05) is 0 Å². The molecule has 9 heteroatoms. The third kappa shape index (κ3) is 9.12. The number of carboxylic acid groups (broad SMARTS) is 1. The monoisotopic (exact) mass is 275 g/mol. The highest BCUT2D eigenvalue weighted by Gasteiger charge is 2.00. The minimum absolute atomic E-state index is 0.0527. The minimum Gasteiger partial charge on any atom is -0.478 e. The van der Waals surface area contributed by atoms with E-state index in [2.05, 4.69) is 4.99 Å². The van der Waals surface area contributed by atoms with Gasteiger partial charge in [-0.3, -0.25) is 4.55 Å². The van der Waals surface area contributed by atoms with Gasteiger partial charge < -0.3 is 16.6 Å². The van der Waals surface area contributed by atoms with E-state index in [0.29, 0.717) is 11.9 Å². The first-order valence-corrected chi connectivity index (χ1v) is 6.30. The number of hydrogen-bond donors (Lipinski definition) is 4. The van der Waals surface area contributed by atoms with Crippen molar-refractivity contribution in [3.05, 3.63) is 29.8 Å². The lowest BCUT2D eigenvalue weighted by Crippen LogP contribution is -2.21. The standard InChI is InChI=1S/C8H9N3O2.CH4O3S/c9-8(10)11-6-3-1-5(2-4-6)7(12)13;1-5(2,3)4/h1-4H,(H,12,13)(H4,9,10,11);1H3,(H,2,3,4). The SMILES string of the molecule is CS(=O)(=O)O.NC(N)=Nc1ccc(C(=O)O)cc1. The second kappa shape index (κ2) is 6.57. The summed E-state index contributed by atoms with van der Waals surface area (Å²) in [4.78, 5) is 14.2. The average molecular weight is 275 g/mol. The van der Waals surface area contributed by atoms with Crippen LogP contribution in [-0.4, -0.2) is 36.3 Å². The molecule has 0 amide bonds. The number of carboxylic acids is 1. The second-order valence-corrected chi connectivity index (χ2v) is 4.59. The van der Waals surface area contributed by atoms with Gasteiger partial charge in [0, 0.05) is 0 Å². The molecule has 1 aromatic rings. The molecule has 0 atom stereocenters. The van der Waals surface area contributed by atoms with Crippen LogP contribution in [0.1, 0.15) is 10.4 Å². The predicted octanol–water partition coefficient (Wildman–Crippen LogP) is -0.206. The average Bonchev–Trinajstić information content (AvgIpc) is 2.14. The topological polar surface area (TPSA) is 156 Å². The van der Waals surface area contributed by atoms with Crippen molar-refractivity contribution in [2.75, 3.05) is 6.26 Å². The molecule has 0 radical (unpaired) electrons. The highest BCUT2D eigenvalue weighted by molar-refractivity contribution is 7.85. The maximum Gasteiger partial charge on any atom is 0.335 e. The molecule has 0 spiro atoms. The summed E-state index contributed by atoms with van der Waals surface area (Å²) in [5, 5.41) is 8.57. The third-order valence-corrected chi connectivity index (χ3v) is 1.37. The fourth-order valence-corrected chi connectivity index (χ4v) is 0.828. The Kier molecular flexibility index (Phi) is 5.79. The van der Waals surface area contributed by atoms with Gasteiger partial charge in [-0.25, -0.2) is 9.79 Å². The quantitative estimate of drug-likeness (QED) is 0.330. The predicted molar refractivity (Wildman–Crippen MR) is 66.3 cm³/mol. The van der Waals surface area contributed by atoms with E-state index < -0.39 is 16.1 Å². The van der Waals surface area contributed by atoms with E-state index in [4.69, 9.17) is 21.1 Å². The van der Waals surface area contributed by atoms with E-state index >= 15 is 0 Å². The van der Waals surface area contributed by atoms with Gasteiger partial charge in [0.15, 0.2) is 5.96 Å². The third-order valence-electron chi connectivity index (χ3n) is 1.37. The molecule has 8 nitrogen and oxygen atoms in total. The van der Waals surface area contributed by atoms with E-state index in [0.717, 1.165) is 0 Å². The zero-order chi connectivity index (χ0) is 14.3. The molecule has 0 saturated heterocycles. The van der Waals surface area contributed by atoms with Crippen molar-refractivity contribution in [1.82, 2.24) is 0 Å². The number of benzene rings is 1. The molecule has 1 rings (SSSR count). The molecule has 0 unspecified atom stereocenters. The molecule has 100 valence electrons. The fourth-order valence-electron chi connectivity index (χ4n) is 0.828. The van der Waals surface area contributed by atoms with Crippen LogP contribution in [0.3, 0.4) is 0 Å². The Hall–Kier alpha value is -2.13. The van der Waals surface area contributed by atoms with Gasteiger partial charge in [0.05, 0.1) is 17.5 Å². The molecule has 1 aromatic carbocycles. The van der Waals surface area contributed by atoms with Crippen molar-refractivity contribution in [2.24, 2.45) is 16.5 Å². The largest absolute Gasteiger partial charge is 0.478 e. The Labute approximate surface area is 104 Å². The number of rotatable bonds is 2. The number of aliphatic imine (C=N–C) groups is 1. The highest BCUT2D eigenvalue weighted by atomic mass is 32.2. The summed E-state index contributed by atoms with van der Waals surface area (Å²) in [6.45, 7) is 0. The number of hydrogen-bond acceptors (Lipinski definition) is 4. The summed E-state index contributed by atoms with van der Waals surface area (Å²) < 4.78 is 25.9. The van der Waals surface area contributed by atoms with Crippen molar-refractivity contribution in [2.45, 2.75) is 0 Å². The maximum absolute atomic E-state index is 10.4. The Bertz CT molecular complexity index is 524. The molecule has 0 aromatic heterocycles. The van der Waals surface area contributed by atoms with E-state index in [9.17, 15) is 13.2 Å². The van der Waals surface area contributed by atoms with E-state index in [1.165, 1.54) is 24.3 Å². The van der Waals surface area contributed by atoms with Gasteiger partial charge in [-0.2, -0.15) is 8.42 Å². The lowest BCUT2D eigenvalue weighted by molar-refractivity contribution is 0.0697. The first-order valence-electron chi connectivity index (χ1n) is 4.45. The molecule has 0 saturated carbocycles. The highest BCUT2D eigenvalue weighted by Crippen LogP contribution is 2.12. The summed E-state index contributed by atoms with van der Waals surface area (Å²) in [5.74, 6) is -1.03. The molecule has 6 N–H and O–H groups in total. The van der Waals surface area contributed by atoms with Crippen LogP contribution in [-0.2, 0) is 10.1 Å². The van der Waals surface area contributed by atoms with Gasteiger partial charge in [-0.1, -0.05) is 0 Å². The number of carbonyl (C=O) groups is 1. The molecule has 0 aliphatic carbocycles. The Morgan fingerprint density at radius 1 is 1.22 bits per heavy atom. The molecule has 18 heavy (non-hydrogen) atoms. The number of nitrogens with zero attached hydrogens (tertiary/aromatic N) is 1. The Morgan fingerprint density at radius 2 is 1.61 bits per heavy atom. The number of aromatic carboxylic acids is 1. The fraction of sp³-hybridized carbons (Fsp3) is 0.111. The molecule has 0 fully saturated rings. The van der Waals surface area contributed by atoms with E-state index in [1.54, 1.807) is 0 Å². The molecule has 0 heterocycles. The van der Waals surface area contributed by atoms with E-state index in [-0.39, 0.29) is 11.5 Å². The van der Waals surface area contributed by atoms with Crippen molar-refractivity contribution in [3.8, 4) is 0 Å². The van der Waals surface area contributed by atoms with Gasteiger partial charge in [0.2, 0.25) is 0 Å². The zero-order valence-corrected chi connectivity index (χ0v) is 10.3. The minimum atomic E-state index is -3.67. The van der Waals surface area contributed by atoms with Crippen LogP contribution in [0, 0.1) is 0 Å². The summed E-state index contributed by atoms with van der Waals surface area (Å²) in [5.41, 5.74) is 11.0. The first-order chi connectivity index (χ1) is 8.09. The summed E-state index contributed by atoms with van der Waals surface area (Å²) in [6.07, 6.45) is 0.715. The van der Waals surface area contributed by atoms with Gasteiger partial charge in [-0.05, 0) is 24.3 Å².